The van der Waals surface area contributed by atoms with Gasteiger partial charge in [0.15, 0.2) is 5.82 Å². The third-order valence-electron chi connectivity index (χ3n) is 4.47. The average molecular weight is 423 g/mol. The number of aromatic nitrogens is 2. The van der Waals surface area contributed by atoms with Crippen molar-refractivity contribution >= 4 is 11.8 Å². The van der Waals surface area contributed by atoms with Crippen LogP contribution in [-0.2, 0) is 15.1 Å². The molecule has 2 atom stereocenters. The first-order valence-corrected chi connectivity index (χ1v) is 9.04. The van der Waals surface area contributed by atoms with Gasteiger partial charge in [0.1, 0.15) is 11.9 Å². The highest BCUT2D eigenvalue weighted by atomic mass is 19.4. The van der Waals surface area contributed by atoms with E-state index in [9.17, 15) is 22.8 Å². The Bertz CT molecular complexity index is 904. The van der Waals surface area contributed by atoms with Gasteiger partial charge in [0, 0.05) is 12.4 Å². The van der Waals surface area contributed by atoms with Crippen molar-refractivity contribution in [2.45, 2.75) is 44.4 Å². The molecule has 2 aromatic rings. The lowest BCUT2D eigenvalue weighted by molar-refractivity contribution is -0.274. The largest absolute Gasteiger partial charge is 0.573 e. The van der Waals surface area contributed by atoms with E-state index in [1.165, 1.54) is 36.7 Å². The fraction of sp³-hybridized carbons (Fsp3) is 0.368. The Balaban J connectivity index is 1.68. The number of alkyl halides is 3. The highest BCUT2D eigenvalue weighted by Gasteiger charge is 2.35. The van der Waals surface area contributed by atoms with Crippen LogP contribution in [0, 0.1) is 0 Å². The van der Waals surface area contributed by atoms with Gasteiger partial charge in [-0.1, -0.05) is 12.1 Å². The molecular weight excluding hydrogens is 403 g/mol. The van der Waals surface area contributed by atoms with Crippen LogP contribution in [0.25, 0.3) is 0 Å². The fourth-order valence-electron chi connectivity index (χ4n) is 3.01. The number of carbonyl (C=O) groups excluding carboxylic acids is 2. The predicted molar refractivity (Wildman–Crippen MR) is 98.8 cm³/mol. The Morgan fingerprint density at radius 2 is 1.80 bits per heavy atom. The lowest BCUT2D eigenvalue weighted by Gasteiger charge is -2.33. The fourth-order valence-corrected chi connectivity index (χ4v) is 3.01. The predicted octanol–water partition coefficient (Wildman–Crippen LogP) is 1.90. The van der Waals surface area contributed by atoms with Crippen LogP contribution in [0.1, 0.15) is 37.8 Å². The summed E-state index contributed by atoms with van der Waals surface area (Å²) in [4.78, 5) is 33.0. The molecule has 1 aliphatic rings. The molecule has 8 nitrogen and oxygen atoms in total. The minimum absolute atomic E-state index is 0.0798. The number of benzene rings is 1. The summed E-state index contributed by atoms with van der Waals surface area (Å²) in [5.41, 5.74) is -0.351. The molecule has 11 heteroatoms. The number of carbonyl (C=O) groups is 2. The summed E-state index contributed by atoms with van der Waals surface area (Å²) in [5.74, 6) is -0.809. The summed E-state index contributed by atoms with van der Waals surface area (Å²) in [6.07, 6.45) is -2.53. The minimum Gasteiger partial charge on any atom is -0.406 e. The van der Waals surface area contributed by atoms with Crippen LogP contribution in [0.3, 0.4) is 0 Å². The van der Waals surface area contributed by atoms with Crippen LogP contribution in [0.2, 0.25) is 0 Å². The number of amides is 2. The number of hydrogen-bond donors (Lipinski definition) is 3. The van der Waals surface area contributed by atoms with E-state index >= 15 is 0 Å². The maximum absolute atomic E-state index is 12.8. The Morgan fingerprint density at radius 3 is 2.40 bits per heavy atom. The van der Waals surface area contributed by atoms with Crippen molar-refractivity contribution in [2.24, 2.45) is 0 Å². The third kappa shape index (κ3) is 5.44. The number of halogens is 3. The summed E-state index contributed by atoms with van der Waals surface area (Å²) in [7, 11) is 0. The molecule has 1 aromatic carbocycles. The van der Waals surface area contributed by atoms with Crippen molar-refractivity contribution in [2.75, 3.05) is 0 Å². The number of nitrogens with one attached hydrogen (secondary N) is 3. The van der Waals surface area contributed by atoms with Crippen molar-refractivity contribution in [1.29, 1.82) is 0 Å². The van der Waals surface area contributed by atoms with E-state index in [1.54, 1.807) is 19.9 Å². The highest BCUT2D eigenvalue weighted by molar-refractivity contribution is 5.90. The molecule has 0 bridgehead atoms. The Morgan fingerprint density at radius 1 is 1.17 bits per heavy atom. The van der Waals surface area contributed by atoms with Gasteiger partial charge in [0.05, 0.1) is 18.0 Å². The monoisotopic (exact) mass is 423 g/mol. The first-order chi connectivity index (χ1) is 14.0. The molecule has 2 unspecified atom stereocenters. The van der Waals surface area contributed by atoms with Crippen LogP contribution >= 0.6 is 0 Å². The van der Waals surface area contributed by atoms with Crippen LogP contribution in [0.5, 0.6) is 5.75 Å². The second-order valence-corrected chi connectivity index (χ2v) is 7.22. The van der Waals surface area contributed by atoms with E-state index in [4.69, 9.17) is 0 Å². The second-order valence-electron chi connectivity index (χ2n) is 7.22. The first kappa shape index (κ1) is 21.5. The van der Waals surface area contributed by atoms with E-state index in [0.29, 0.717) is 11.4 Å². The van der Waals surface area contributed by atoms with Gasteiger partial charge in [0.25, 0.3) is 0 Å². The number of ether oxygens (including phenoxy) is 1. The normalized spacial score (nSPS) is 19.7. The van der Waals surface area contributed by atoms with Crippen molar-refractivity contribution in [3.63, 3.8) is 0 Å². The molecule has 30 heavy (non-hydrogen) atoms. The molecule has 1 saturated heterocycles. The van der Waals surface area contributed by atoms with E-state index in [1.807, 2.05) is 0 Å². The third-order valence-corrected chi connectivity index (χ3v) is 4.47. The lowest BCUT2D eigenvalue weighted by atomic mass is 9.93. The Labute approximate surface area is 170 Å². The molecule has 0 radical (unpaired) electrons. The Hall–Kier alpha value is -3.21. The molecule has 3 N–H and O–H groups in total. The van der Waals surface area contributed by atoms with E-state index in [-0.39, 0.29) is 18.1 Å². The highest BCUT2D eigenvalue weighted by Crippen LogP contribution is 2.27. The molecule has 0 spiro atoms. The van der Waals surface area contributed by atoms with Crippen LogP contribution in [0.15, 0.2) is 42.7 Å². The zero-order valence-corrected chi connectivity index (χ0v) is 16.2. The van der Waals surface area contributed by atoms with Gasteiger partial charge in [-0.05, 0) is 37.6 Å². The topological polar surface area (TPSA) is 105 Å². The van der Waals surface area contributed by atoms with Gasteiger partial charge < -0.3 is 15.4 Å². The van der Waals surface area contributed by atoms with Gasteiger partial charge in [-0.2, -0.15) is 0 Å². The average Bonchev–Trinajstić information content (AvgIpc) is 2.67. The second kappa shape index (κ2) is 8.27. The summed E-state index contributed by atoms with van der Waals surface area (Å²) in [5, 5.41) is 8.49. The standard InChI is InChI=1S/C19H20F3N5O3/c1-18(2,11-4-6-12(7-5-11)30-19(20,21)22)27-17(29)13-10-14(28)26-16(25-13)15-23-8-3-9-24-15/h3-9,13,16,25H,10H2,1-2H3,(H,26,28)(H,27,29). The molecule has 1 fully saturated rings. The summed E-state index contributed by atoms with van der Waals surface area (Å²) < 4.78 is 40.8. The van der Waals surface area contributed by atoms with Gasteiger partial charge in [-0.25, -0.2) is 9.97 Å². The maximum atomic E-state index is 12.8. The molecule has 0 aliphatic carbocycles. The summed E-state index contributed by atoms with van der Waals surface area (Å²) >= 11 is 0. The van der Waals surface area contributed by atoms with Crippen LogP contribution in [0.4, 0.5) is 13.2 Å². The van der Waals surface area contributed by atoms with Crippen LogP contribution in [-0.4, -0.2) is 34.2 Å². The maximum Gasteiger partial charge on any atom is 0.573 e. The van der Waals surface area contributed by atoms with E-state index in [2.05, 4.69) is 30.7 Å². The number of nitrogens with zero attached hydrogens (tertiary/aromatic N) is 2. The molecule has 1 aromatic heterocycles. The van der Waals surface area contributed by atoms with Crippen LogP contribution < -0.4 is 20.7 Å². The van der Waals surface area contributed by atoms with Gasteiger partial charge >= 0.3 is 6.36 Å². The van der Waals surface area contributed by atoms with Crippen molar-refractivity contribution in [3.05, 3.63) is 54.1 Å². The molecule has 1 aliphatic heterocycles. The Kier molecular flexibility index (Phi) is 5.92. The van der Waals surface area contributed by atoms with Crippen molar-refractivity contribution in [1.82, 2.24) is 25.9 Å². The lowest BCUT2D eigenvalue weighted by Crippen LogP contribution is -2.58. The van der Waals surface area contributed by atoms with Gasteiger partial charge in [-0.3, -0.25) is 14.9 Å². The summed E-state index contributed by atoms with van der Waals surface area (Å²) in [6, 6.07) is 6.01. The zero-order valence-electron chi connectivity index (χ0n) is 16.2. The van der Waals surface area contributed by atoms with Gasteiger partial charge in [0.2, 0.25) is 11.8 Å². The SMILES string of the molecule is CC(C)(NC(=O)C1CC(=O)NC(c2ncccn2)N1)c1ccc(OC(F)(F)F)cc1. The quantitative estimate of drug-likeness (QED) is 0.679. The van der Waals surface area contributed by atoms with E-state index in [0.717, 1.165) is 0 Å². The molecule has 2 heterocycles. The molecular formula is C19H20F3N5O3. The number of rotatable bonds is 5. The number of hydrogen-bond acceptors (Lipinski definition) is 6. The van der Waals surface area contributed by atoms with Crippen molar-refractivity contribution < 1.29 is 27.5 Å². The zero-order chi connectivity index (χ0) is 21.9. The van der Waals surface area contributed by atoms with Gasteiger partial charge in [-0.15, -0.1) is 13.2 Å². The molecule has 2 amide bonds. The van der Waals surface area contributed by atoms with Crippen molar-refractivity contribution in [3.8, 4) is 5.75 Å². The minimum atomic E-state index is -4.78. The molecule has 3 rings (SSSR count). The van der Waals surface area contributed by atoms with E-state index < -0.39 is 30.0 Å². The molecule has 160 valence electrons. The smallest absolute Gasteiger partial charge is 0.406 e. The first-order valence-electron chi connectivity index (χ1n) is 9.04. The molecule has 0 saturated carbocycles. The summed E-state index contributed by atoms with van der Waals surface area (Å²) in [6.45, 7) is 3.40.